The molecule has 0 bridgehead atoms. The van der Waals surface area contributed by atoms with Crippen LogP contribution in [0.1, 0.15) is 13.8 Å². The van der Waals surface area contributed by atoms with E-state index in [2.05, 4.69) is 0 Å². The molecule has 0 amide bonds. The van der Waals surface area contributed by atoms with Crippen LogP contribution in [0.25, 0.3) is 0 Å². The molecule has 0 aliphatic carbocycles. The maximum Gasteiger partial charge on any atom is 0.333 e. The molecule has 1 aliphatic heterocycles. The van der Waals surface area contributed by atoms with E-state index in [1.165, 1.54) is 0 Å². The van der Waals surface area contributed by atoms with Crippen molar-refractivity contribution in [2.24, 2.45) is 0 Å². The van der Waals surface area contributed by atoms with E-state index in [4.69, 9.17) is 14.9 Å². The average molecular weight is 203 g/mol. The minimum Gasteiger partial charge on any atom is -0.479 e. The Morgan fingerprint density at radius 2 is 2.29 bits per heavy atom. The second-order valence-electron chi connectivity index (χ2n) is 4.20. The maximum absolute atomic E-state index is 10.4. The molecule has 0 aromatic carbocycles. The third-order valence-corrected chi connectivity index (χ3v) is 2.22. The lowest BCUT2D eigenvalue weighted by Crippen LogP contribution is -2.51. The predicted molar refractivity (Wildman–Crippen MR) is 50.1 cm³/mol. The molecule has 82 valence electrons. The Kier molecular flexibility index (Phi) is 3.47. The molecule has 1 atom stereocenters. The summed E-state index contributed by atoms with van der Waals surface area (Å²) in [7, 11) is 0. The molecule has 5 nitrogen and oxygen atoms in total. The highest BCUT2D eigenvalue weighted by atomic mass is 16.5. The first-order valence-electron chi connectivity index (χ1n) is 4.68. The van der Waals surface area contributed by atoms with Crippen LogP contribution in [0.4, 0.5) is 0 Å². The zero-order valence-electron chi connectivity index (χ0n) is 8.56. The third kappa shape index (κ3) is 3.25. The summed E-state index contributed by atoms with van der Waals surface area (Å²) in [5, 5.41) is 17.7. The van der Waals surface area contributed by atoms with Gasteiger partial charge in [-0.2, -0.15) is 0 Å². The standard InChI is InChI=1S/C9H17NO4/c1-9(2)6-10(3-4-14-9)5-7(11)8(12)13/h7,11H,3-6H2,1-2H3,(H,12,13). The van der Waals surface area contributed by atoms with Gasteiger partial charge in [0.2, 0.25) is 0 Å². The summed E-state index contributed by atoms with van der Waals surface area (Å²) >= 11 is 0. The second-order valence-corrected chi connectivity index (χ2v) is 4.20. The summed E-state index contributed by atoms with van der Waals surface area (Å²) in [5.74, 6) is -1.17. The van der Waals surface area contributed by atoms with Crippen LogP contribution >= 0.6 is 0 Å². The van der Waals surface area contributed by atoms with Crippen LogP contribution in [0.2, 0.25) is 0 Å². The maximum atomic E-state index is 10.4. The van der Waals surface area contributed by atoms with E-state index >= 15 is 0 Å². The Morgan fingerprint density at radius 3 is 2.79 bits per heavy atom. The van der Waals surface area contributed by atoms with Crippen molar-refractivity contribution in [3.8, 4) is 0 Å². The van der Waals surface area contributed by atoms with Gasteiger partial charge in [0.05, 0.1) is 12.2 Å². The number of β-amino-alcohol motifs (C(OH)–C–C–N with tert-alkyl or cyclic N) is 1. The molecule has 1 unspecified atom stereocenters. The number of ether oxygens (including phenoxy) is 1. The van der Waals surface area contributed by atoms with Crippen molar-refractivity contribution in [3.63, 3.8) is 0 Å². The fourth-order valence-corrected chi connectivity index (χ4v) is 1.59. The number of morpholine rings is 1. The molecule has 0 saturated carbocycles. The van der Waals surface area contributed by atoms with E-state index < -0.39 is 12.1 Å². The quantitative estimate of drug-likeness (QED) is 0.649. The van der Waals surface area contributed by atoms with E-state index in [1.54, 1.807) is 0 Å². The van der Waals surface area contributed by atoms with Crippen molar-refractivity contribution in [3.05, 3.63) is 0 Å². The predicted octanol–water partition coefficient (Wildman–Crippen LogP) is -0.457. The molecule has 5 heteroatoms. The van der Waals surface area contributed by atoms with Crippen molar-refractivity contribution < 1.29 is 19.7 Å². The largest absolute Gasteiger partial charge is 0.479 e. The number of aliphatic hydroxyl groups is 1. The Hall–Kier alpha value is -0.650. The van der Waals surface area contributed by atoms with Crippen LogP contribution in [0.3, 0.4) is 0 Å². The molecule has 2 N–H and O–H groups in total. The number of carboxylic acid groups (broad SMARTS) is 1. The highest BCUT2D eigenvalue weighted by Crippen LogP contribution is 2.16. The second kappa shape index (κ2) is 4.25. The van der Waals surface area contributed by atoms with Crippen LogP contribution in [-0.4, -0.2) is 59.0 Å². The van der Waals surface area contributed by atoms with Gasteiger partial charge in [0.25, 0.3) is 0 Å². The Morgan fingerprint density at radius 1 is 1.64 bits per heavy atom. The number of hydrogen-bond acceptors (Lipinski definition) is 4. The van der Waals surface area contributed by atoms with Gasteiger partial charge in [-0.25, -0.2) is 4.79 Å². The van der Waals surface area contributed by atoms with Crippen LogP contribution in [0.15, 0.2) is 0 Å². The zero-order valence-corrected chi connectivity index (χ0v) is 8.56. The van der Waals surface area contributed by atoms with Gasteiger partial charge >= 0.3 is 5.97 Å². The number of nitrogens with zero attached hydrogens (tertiary/aromatic N) is 1. The molecular formula is C9H17NO4. The van der Waals surface area contributed by atoms with Crippen molar-refractivity contribution in [1.82, 2.24) is 4.90 Å². The van der Waals surface area contributed by atoms with E-state index in [0.717, 1.165) is 0 Å². The van der Waals surface area contributed by atoms with Gasteiger partial charge in [-0.1, -0.05) is 0 Å². The number of carbonyl (C=O) groups is 1. The zero-order chi connectivity index (χ0) is 10.8. The van der Waals surface area contributed by atoms with Crippen LogP contribution < -0.4 is 0 Å². The van der Waals surface area contributed by atoms with Gasteiger partial charge in [-0.05, 0) is 13.8 Å². The number of rotatable bonds is 3. The summed E-state index contributed by atoms with van der Waals surface area (Å²) in [5.41, 5.74) is -0.253. The minimum atomic E-state index is -1.30. The lowest BCUT2D eigenvalue weighted by molar-refractivity contribution is -0.150. The topological polar surface area (TPSA) is 70.0 Å². The highest BCUT2D eigenvalue weighted by molar-refractivity contribution is 5.72. The van der Waals surface area contributed by atoms with Gasteiger partial charge in [0, 0.05) is 19.6 Å². The van der Waals surface area contributed by atoms with Gasteiger partial charge in [-0.15, -0.1) is 0 Å². The number of aliphatic hydroxyl groups excluding tert-OH is 1. The summed E-state index contributed by atoms with van der Waals surface area (Å²) in [4.78, 5) is 12.3. The SMILES string of the molecule is CC1(C)CN(CC(O)C(=O)O)CCO1. The lowest BCUT2D eigenvalue weighted by atomic mass is 10.1. The van der Waals surface area contributed by atoms with E-state index in [1.807, 2.05) is 18.7 Å². The monoisotopic (exact) mass is 203 g/mol. The molecule has 0 aromatic rings. The first kappa shape index (κ1) is 11.4. The van der Waals surface area contributed by atoms with Gasteiger partial charge in [0.15, 0.2) is 6.10 Å². The molecule has 0 spiro atoms. The fourth-order valence-electron chi connectivity index (χ4n) is 1.59. The smallest absolute Gasteiger partial charge is 0.333 e. The first-order chi connectivity index (χ1) is 6.41. The molecule has 1 aliphatic rings. The van der Waals surface area contributed by atoms with Gasteiger partial charge < -0.3 is 14.9 Å². The average Bonchev–Trinajstić information content (AvgIpc) is 2.01. The number of aliphatic carboxylic acids is 1. The van der Waals surface area contributed by atoms with Crippen molar-refractivity contribution in [2.75, 3.05) is 26.2 Å². The molecule has 1 heterocycles. The van der Waals surface area contributed by atoms with E-state index in [0.29, 0.717) is 19.7 Å². The normalized spacial score (nSPS) is 24.5. The van der Waals surface area contributed by atoms with Gasteiger partial charge in [-0.3, -0.25) is 4.90 Å². The highest BCUT2D eigenvalue weighted by Gasteiger charge is 2.29. The Labute approximate surface area is 83.3 Å². The van der Waals surface area contributed by atoms with Crippen LogP contribution in [0.5, 0.6) is 0 Å². The third-order valence-electron chi connectivity index (χ3n) is 2.22. The summed E-state index contributed by atoms with van der Waals surface area (Å²) in [6.07, 6.45) is -1.30. The molecule has 1 rings (SSSR count). The number of carboxylic acids is 1. The molecule has 0 aromatic heterocycles. The van der Waals surface area contributed by atoms with Gasteiger partial charge in [0.1, 0.15) is 0 Å². The molecule has 14 heavy (non-hydrogen) atoms. The van der Waals surface area contributed by atoms with Crippen molar-refractivity contribution in [2.45, 2.75) is 25.6 Å². The molecule has 1 fully saturated rings. The summed E-state index contributed by atoms with van der Waals surface area (Å²) in [6, 6.07) is 0. The Balaban J connectivity index is 2.42. The van der Waals surface area contributed by atoms with E-state index in [-0.39, 0.29) is 12.1 Å². The minimum absolute atomic E-state index is 0.169. The lowest BCUT2D eigenvalue weighted by Gasteiger charge is -2.38. The van der Waals surface area contributed by atoms with Crippen molar-refractivity contribution >= 4 is 5.97 Å². The van der Waals surface area contributed by atoms with Crippen molar-refractivity contribution in [1.29, 1.82) is 0 Å². The van der Waals surface area contributed by atoms with Crippen LogP contribution in [0, 0.1) is 0 Å². The summed E-state index contributed by atoms with van der Waals surface area (Å²) < 4.78 is 5.47. The Bertz CT molecular complexity index is 217. The molecule has 1 saturated heterocycles. The van der Waals surface area contributed by atoms with E-state index in [9.17, 15) is 4.79 Å². The molecular weight excluding hydrogens is 186 g/mol. The first-order valence-corrected chi connectivity index (χ1v) is 4.68. The number of hydrogen-bond donors (Lipinski definition) is 2. The van der Waals surface area contributed by atoms with Crippen LogP contribution in [-0.2, 0) is 9.53 Å². The summed E-state index contributed by atoms with van der Waals surface area (Å²) in [6.45, 7) is 5.98. The fraction of sp³-hybridized carbons (Fsp3) is 0.889. The molecule has 0 radical (unpaired) electrons.